The Morgan fingerprint density at radius 2 is 2.75 bits per heavy atom. The fraction of sp³-hybridized carbons (Fsp3) is 0. The Hall–Kier alpha value is -1.48. The third-order valence-corrected chi connectivity index (χ3v) is 0.571. The second kappa shape index (κ2) is 1.99. The summed E-state index contributed by atoms with van der Waals surface area (Å²) in [5.41, 5.74) is 7.81. The van der Waals surface area contributed by atoms with Crippen LogP contribution in [0.1, 0.15) is 0 Å². The van der Waals surface area contributed by atoms with Crippen LogP contribution in [0.2, 0.25) is 0 Å². The highest BCUT2D eigenvalue weighted by Gasteiger charge is 1.85. The van der Waals surface area contributed by atoms with Crippen molar-refractivity contribution in [2.75, 3.05) is 0 Å². The Morgan fingerprint density at radius 1 is 1.88 bits per heavy atom. The molecule has 1 aromatic heterocycles. The van der Waals surface area contributed by atoms with E-state index in [1.54, 1.807) is 0 Å². The quantitative estimate of drug-likeness (QED) is 0.313. The van der Waals surface area contributed by atoms with Crippen LogP contribution in [0.25, 0.3) is 10.4 Å². The van der Waals surface area contributed by atoms with E-state index >= 15 is 0 Å². The topological polar surface area (TPSA) is 74.8 Å². The number of aromatic nitrogens is 1. The van der Waals surface area contributed by atoms with Gasteiger partial charge in [0.25, 0.3) is 0 Å². The molecule has 0 unspecified atom stereocenters. The van der Waals surface area contributed by atoms with Gasteiger partial charge in [-0.15, -0.1) is 0 Å². The maximum Gasteiger partial charge on any atom is 0.169 e. The van der Waals surface area contributed by atoms with Gasteiger partial charge in [-0.3, -0.25) is 0 Å². The van der Waals surface area contributed by atoms with E-state index in [0.29, 0.717) is 0 Å². The van der Waals surface area contributed by atoms with Crippen molar-refractivity contribution >= 4 is 5.82 Å². The summed E-state index contributed by atoms with van der Waals surface area (Å²) in [5.74, 6) is 0.257. The Morgan fingerprint density at radius 3 is 3.25 bits per heavy atom. The van der Waals surface area contributed by atoms with E-state index < -0.39 is 0 Å². The summed E-state index contributed by atoms with van der Waals surface area (Å²) in [7, 11) is 0. The minimum atomic E-state index is 0.257. The molecule has 0 bridgehead atoms. The zero-order chi connectivity index (χ0) is 5.82. The molecule has 0 spiro atoms. The Bertz CT molecular complexity index is 197. The van der Waals surface area contributed by atoms with Crippen LogP contribution >= 0.6 is 0 Å². The standard InChI is InChI=1S/C3H2N4O/c4-7-5-3-1-2-8-6-3/h1-2H. The van der Waals surface area contributed by atoms with E-state index in [-0.39, 0.29) is 5.82 Å². The van der Waals surface area contributed by atoms with Crippen LogP contribution in [0.5, 0.6) is 0 Å². The van der Waals surface area contributed by atoms with Crippen LogP contribution in [0.3, 0.4) is 0 Å². The number of rotatable bonds is 1. The lowest BCUT2D eigenvalue weighted by molar-refractivity contribution is 0.422. The molecule has 1 aromatic rings. The molecule has 0 atom stereocenters. The van der Waals surface area contributed by atoms with Crippen LogP contribution in [0, 0.1) is 0 Å². The minimum absolute atomic E-state index is 0.257. The van der Waals surface area contributed by atoms with Crippen molar-refractivity contribution in [2.24, 2.45) is 5.11 Å². The minimum Gasteiger partial charge on any atom is -0.364 e. The molecule has 0 N–H and O–H groups in total. The van der Waals surface area contributed by atoms with Gasteiger partial charge in [-0.25, -0.2) is 0 Å². The van der Waals surface area contributed by atoms with Gasteiger partial charge < -0.3 is 4.52 Å². The number of hydrogen-bond donors (Lipinski definition) is 0. The zero-order valence-electron chi connectivity index (χ0n) is 3.85. The molecule has 1 heterocycles. The smallest absolute Gasteiger partial charge is 0.169 e. The molecule has 0 fully saturated rings. The van der Waals surface area contributed by atoms with Gasteiger partial charge in [0.2, 0.25) is 0 Å². The molecule has 0 aliphatic carbocycles. The molecule has 0 radical (unpaired) electrons. The third kappa shape index (κ3) is 0.772. The van der Waals surface area contributed by atoms with Crippen molar-refractivity contribution in [1.82, 2.24) is 5.16 Å². The average Bonchev–Trinajstić information content (AvgIpc) is 2.19. The van der Waals surface area contributed by atoms with Crippen molar-refractivity contribution in [1.29, 1.82) is 0 Å². The van der Waals surface area contributed by atoms with Crippen molar-refractivity contribution in [2.45, 2.75) is 0 Å². The first-order chi connectivity index (χ1) is 3.93. The van der Waals surface area contributed by atoms with E-state index in [1.807, 2.05) is 0 Å². The van der Waals surface area contributed by atoms with Gasteiger partial charge in [0, 0.05) is 11.0 Å². The van der Waals surface area contributed by atoms with Gasteiger partial charge >= 0.3 is 0 Å². The van der Waals surface area contributed by atoms with Gasteiger partial charge in [0.1, 0.15) is 6.26 Å². The first-order valence-corrected chi connectivity index (χ1v) is 1.89. The number of hydrogen-bond acceptors (Lipinski definition) is 3. The highest BCUT2D eigenvalue weighted by molar-refractivity contribution is 5.20. The molecule has 0 aliphatic heterocycles. The third-order valence-electron chi connectivity index (χ3n) is 0.571. The van der Waals surface area contributed by atoms with Gasteiger partial charge in [0.05, 0.1) is 0 Å². The summed E-state index contributed by atoms with van der Waals surface area (Å²) in [5, 5.41) is 6.45. The van der Waals surface area contributed by atoms with E-state index in [4.69, 9.17) is 5.53 Å². The highest BCUT2D eigenvalue weighted by atomic mass is 16.5. The second-order valence-electron chi connectivity index (χ2n) is 1.05. The van der Waals surface area contributed by atoms with Gasteiger partial charge in [-0.2, -0.15) is 0 Å². The van der Waals surface area contributed by atoms with Gasteiger partial charge in [0.15, 0.2) is 5.82 Å². The molecule has 8 heavy (non-hydrogen) atoms. The zero-order valence-corrected chi connectivity index (χ0v) is 3.85. The van der Waals surface area contributed by atoms with Crippen LogP contribution in [0.15, 0.2) is 22.0 Å². The lowest BCUT2D eigenvalue weighted by atomic mass is 10.7. The van der Waals surface area contributed by atoms with Crippen LogP contribution in [-0.4, -0.2) is 5.16 Å². The van der Waals surface area contributed by atoms with Crippen LogP contribution in [-0.2, 0) is 0 Å². The summed E-state index contributed by atoms with van der Waals surface area (Å²) in [4.78, 5) is 2.48. The summed E-state index contributed by atoms with van der Waals surface area (Å²) < 4.78 is 4.35. The molecule has 0 saturated heterocycles. The van der Waals surface area contributed by atoms with Gasteiger partial charge in [-0.1, -0.05) is 5.16 Å². The molecule has 40 valence electrons. The van der Waals surface area contributed by atoms with E-state index in [9.17, 15) is 0 Å². The monoisotopic (exact) mass is 110 g/mol. The molecule has 5 nitrogen and oxygen atoms in total. The summed E-state index contributed by atoms with van der Waals surface area (Å²) >= 11 is 0. The van der Waals surface area contributed by atoms with Crippen molar-refractivity contribution in [3.05, 3.63) is 22.8 Å². The molecule has 0 saturated carbocycles. The Kier molecular flexibility index (Phi) is 1.16. The fourth-order valence-corrected chi connectivity index (χ4v) is 0.304. The Balaban J connectivity index is 2.93. The van der Waals surface area contributed by atoms with Crippen LogP contribution in [0.4, 0.5) is 5.82 Å². The summed E-state index contributed by atoms with van der Waals surface area (Å²) in [6, 6.07) is 1.47. The first kappa shape index (κ1) is 4.67. The molecule has 0 aromatic carbocycles. The van der Waals surface area contributed by atoms with Crippen molar-refractivity contribution in [3.8, 4) is 0 Å². The first-order valence-electron chi connectivity index (χ1n) is 1.89. The predicted octanol–water partition coefficient (Wildman–Crippen LogP) is 1.62. The molecule has 5 heteroatoms. The summed E-state index contributed by atoms with van der Waals surface area (Å²) in [6.07, 6.45) is 1.34. The normalized spacial score (nSPS) is 8.00. The average molecular weight is 110 g/mol. The maximum atomic E-state index is 7.81. The largest absolute Gasteiger partial charge is 0.364 e. The fourth-order valence-electron chi connectivity index (χ4n) is 0.304. The lowest BCUT2D eigenvalue weighted by Crippen LogP contribution is -1.51. The van der Waals surface area contributed by atoms with E-state index in [0.717, 1.165) is 0 Å². The molecular weight excluding hydrogens is 108 g/mol. The van der Waals surface area contributed by atoms with Gasteiger partial charge in [-0.05, 0) is 10.6 Å². The van der Waals surface area contributed by atoms with Crippen molar-refractivity contribution in [3.63, 3.8) is 0 Å². The molecule has 0 aliphatic rings. The van der Waals surface area contributed by atoms with E-state index in [1.165, 1.54) is 12.3 Å². The highest BCUT2D eigenvalue weighted by Crippen LogP contribution is 2.04. The predicted molar refractivity (Wildman–Crippen MR) is 25.3 cm³/mol. The Labute approximate surface area is 44.5 Å². The lowest BCUT2D eigenvalue weighted by Gasteiger charge is -1.66. The maximum absolute atomic E-state index is 7.81. The molecule has 1 rings (SSSR count). The van der Waals surface area contributed by atoms with Crippen LogP contribution < -0.4 is 0 Å². The summed E-state index contributed by atoms with van der Waals surface area (Å²) in [6.45, 7) is 0. The van der Waals surface area contributed by atoms with E-state index in [2.05, 4.69) is 19.7 Å². The molecule has 0 amide bonds. The SMILES string of the molecule is [N-]=[N+]=Nc1ccon1. The number of azide groups is 1. The number of nitrogens with zero attached hydrogens (tertiary/aromatic N) is 4. The molecular formula is C3H2N4O. The second-order valence-corrected chi connectivity index (χ2v) is 1.05. The van der Waals surface area contributed by atoms with Crippen molar-refractivity contribution < 1.29 is 4.52 Å².